The predicted octanol–water partition coefficient (Wildman–Crippen LogP) is 2.22. The molecule has 0 aliphatic carbocycles. The second-order valence-corrected chi connectivity index (χ2v) is 5.30. The molecule has 1 aliphatic rings. The molecule has 0 spiro atoms. The van der Waals surface area contributed by atoms with Crippen molar-refractivity contribution in [2.24, 2.45) is 0 Å². The molecule has 9 heteroatoms. The Morgan fingerprint density at radius 2 is 1.81 bits per heavy atom. The minimum Gasteiger partial charge on any atom is -0.453 e. The third-order valence-corrected chi connectivity index (χ3v) is 3.37. The van der Waals surface area contributed by atoms with E-state index in [-0.39, 0.29) is 17.2 Å². The number of aliphatic hydroxyl groups is 1. The molecule has 0 aromatic heterocycles. The summed E-state index contributed by atoms with van der Waals surface area (Å²) in [6, 6.07) is 11.7. The fourth-order valence-corrected chi connectivity index (χ4v) is 2.21. The first-order valence-corrected chi connectivity index (χ1v) is 7.43. The van der Waals surface area contributed by atoms with E-state index in [1.807, 2.05) is 0 Å². The van der Waals surface area contributed by atoms with Gasteiger partial charge in [-0.3, -0.25) is 4.79 Å². The lowest BCUT2D eigenvalue weighted by molar-refractivity contribution is -0.286. The summed E-state index contributed by atoms with van der Waals surface area (Å²) in [5.41, 5.74) is 0.476. The number of hydrogen-bond donors (Lipinski definition) is 2. The lowest BCUT2D eigenvalue weighted by Crippen LogP contribution is -2.26. The quantitative estimate of drug-likeness (QED) is 0.789. The highest BCUT2D eigenvalue weighted by Crippen LogP contribution is 2.42. The van der Waals surface area contributed by atoms with Crippen molar-refractivity contribution >= 4 is 17.6 Å². The maximum Gasteiger partial charge on any atom is 0.586 e. The Balaban J connectivity index is 1.53. The van der Waals surface area contributed by atoms with Gasteiger partial charge in [-0.1, -0.05) is 30.3 Å². The van der Waals surface area contributed by atoms with E-state index < -0.39 is 30.9 Å². The fraction of sp³-hybridized carbons (Fsp3) is 0.176. The van der Waals surface area contributed by atoms with E-state index >= 15 is 0 Å². The average molecular weight is 365 g/mol. The van der Waals surface area contributed by atoms with Gasteiger partial charge in [0.05, 0.1) is 0 Å². The van der Waals surface area contributed by atoms with Gasteiger partial charge in [0, 0.05) is 11.8 Å². The molecule has 1 amide bonds. The second-order valence-electron chi connectivity index (χ2n) is 5.30. The van der Waals surface area contributed by atoms with E-state index in [4.69, 9.17) is 4.74 Å². The summed E-state index contributed by atoms with van der Waals surface area (Å²) in [4.78, 5) is 23.6. The SMILES string of the molecule is O=C(COC(=O)[C@H](O)c1ccccc1)Nc1ccc2c(c1)OC(F)(F)O2. The smallest absolute Gasteiger partial charge is 0.453 e. The molecule has 0 unspecified atom stereocenters. The van der Waals surface area contributed by atoms with Crippen LogP contribution < -0.4 is 14.8 Å². The van der Waals surface area contributed by atoms with E-state index in [1.54, 1.807) is 18.2 Å². The van der Waals surface area contributed by atoms with Crippen LogP contribution in [-0.4, -0.2) is 29.9 Å². The zero-order valence-corrected chi connectivity index (χ0v) is 13.1. The maximum atomic E-state index is 12.9. The Morgan fingerprint density at radius 3 is 2.54 bits per heavy atom. The normalized spacial score (nSPS) is 15.2. The number of rotatable bonds is 5. The molecule has 0 saturated heterocycles. The van der Waals surface area contributed by atoms with Crippen molar-refractivity contribution in [3.8, 4) is 11.5 Å². The van der Waals surface area contributed by atoms with Gasteiger partial charge >= 0.3 is 12.3 Å². The molecule has 7 nitrogen and oxygen atoms in total. The van der Waals surface area contributed by atoms with Crippen LogP contribution in [0.15, 0.2) is 48.5 Å². The van der Waals surface area contributed by atoms with Crippen molar-refractivity contribution in [2.75, 3.05) is 11.9 Å². The monoisotopic (exact) mass is 365 g/mol. The van der Waals surface area contributed by atoms with Crippen LogP contribution in [0.2, 0.25) is 0 Å². The number of anilines is 1. The van der Waals surface area contributed by atoms with Gasteiger partial charge in [-0.15, -0.1) is 8.78 Å². The number of esters is 1. The Kier molecular flexibility index (Phi) is 4.72. The number of benzene rings is 2. The highest BCUT2D eigenvalue weighted by atomic mass is 19.3. The average Bonchev–Trinajstić information content (AvgIpc) is 2.92. The van der Waals surface area contributed by atoms with Crippen molar-refractivity contribution in [3.05, 3.63) is 54.1 Å². The first kappa shape index (κ1) is 17.6. The van der Waals surface area contributed by atoms with Gasteiger partial charge in [0.15, 0.2) is 24.2 Å². The van der Waals surface area contributed by atoms with Gasteiger partial charge in [0.2, 0.25) is 0 Å². The number of aliphatic hydroxyl groups excluding tert-OH is 1. The largest absolute Gasteiger partial charge is 0.586 e. The molecular formula is C17H13F2NO6. The molecule has 26 heavy (non-hydrogen) atoms. The van der Waals surface area contributed by atoms with E-state index in [0.717, 1.165) is 6.07 Å². The highest BCUT2D eigenvalue weighted by Gasteiger charge is 2.43. The Labute approximate surface area is 146 Å². The van der Waals surface area contributed by atoms with Crippen molar-refractivity contribution in [1.29, 1.82) is 0 Å². The van der Waals surface area contributed by atoms with E-state index in [9.17, 15) is 23.5 Å². The number of halogens is 2. The maximum absolute atomic E-state index is 12.9. The molecule has 2 N–H and O–H groups in total. The second kappa shape index (κ2) is 6.96. The first-order chi connectivity index (χ1) is 12.3. The van der Waals surface area contributed by atoms with E-state index in [0.29, 0.717) is 5.56 Å². The summed E-state index contributed by atoms with van der Waals surface area (Å²) in [5, 5.41) is 12.2. The van der Waals surface area contributed by atoms with Crippen molar-refractivity contribution in [1.82, 2.24) is 0 Å². The standard InChI is InChI=1S/C17H13F2NO6/c18-17(19)25-12-7-6-11(8-13(12)26-17)20-14(21)9-24-16(23)15(22)10-4-2-1-3-5-10/h1-8,15,22H,9H2,(H,20,21)/t15-/m1/s1. The number of hydrogen-bond acceptors (Lipinski definition) is 6. The van der Waals surface area contributed by atoms with Gasteiger partial charge in [-0.2, -0.15) is 0 Å². The topological polar surface area (TPSA) is 94.1 Å². The summed E-state index contributed by atoms with van der Waals surface area (Å²) >= 11 is 0. The number of ether oxygens (including phenoxy) is 3. The molecule has 0 saturated carbocycles. The molecule has 0 fully saturated rings. The molecule has 1 aliphatic heterocycles. The zero-order valence-electron chi connectivity index (χ0n) is 13.1. The molecular weight excluding hydrogens is 352 g/mol. The van der Waals surface area contributed by atoms with E-state index in [2.05, 4.69) is 14.8 Å². The predicted molar refractivity (Wildman–Crippen MR) is 83.6 cm³/mol. The van der Waals surface area contributed by atoms with Crippen LogP contribution in [0.5, 0.6) is 11.5 Å². The van der Waals surface area contributed by atoms with Crippen molar-refractivity contribution in [3.63, 3.8) is 0 Å². The van der Waals surface area contributed by atoms with Crippen LogP contribution >= 0.6 is 0 Å². The summed E-state index contributed by atoms with van der Waals surface area (Å²) in [5.74, 6) is -2.10. The van der Waals surface area contributed by atoms with Gasteiger partial charge in [-0.05, 0) is 17.7 Å². The number of nitrogens with one attached hydrogen (secondary N) is 1. The van der Waals surface area contributed by atoms with Gasteiger partial charge in [-0.25, -0.2) is 4.79 Å². The molecule has 0 bridgehead atoms. The number of fused-ring (bicyclic) bond motifs is 1. The minimum atomic E-state index is -3.76. The lowest BCUT2D eigenvalue weighted by atomic mass is 10.1. The van der Waals surface area contributed by atoms with Gasteiger partial charge in [0.25, 0.3) is 5.91 Å². The van der Waals surface area contributed by atoms with Gasteiger partial charge in [0.1, 0.15) is 0 Å². The van der Waals surface area contributed by atoms with Crippen molar-refractivity contribution < 1.29 is 37.7 Å². The summed E-state index contributed by atoms with van der Waals surface area (Å²) in [6.45, 7) is -0.659. The number of carbonyl (C=O) groups is 2. The molecule has 2 aromatic carbocycles. The fourth-order valence-electron chi connectivity index (χ4n) is 2.21. The number of carbonyl (C=O) groups excluding carboxylic acids is 2. The van der Waals surface area contributed by atoms with Crippen LogP contribution in [0.3, 0.4) is 0 Å². The zero-order chi connectivity index (χ0) is 18.7. The molecule has 1 atom stereocenters. The van der Waals surface area contributed by atoms with Crippen LogP contribution in [-0.2, 0) is 14.3 Å². The summed E-state index contributed by atoms with van der Waals surface area (Å²) in [7, 11) is 0. The van der Waals surface area contributed by atoms with E-state index in [1.165, 1.54) is 24.3 Å². The lowest BCUT2D eigenvalue weighted by Gasteiger charge is -2.11. The van der Waals surface area contributed by atoms with Crippen molar-refractivity contribution in [2.45, 2.75) is 12.4 Å². The van der Waals surface area contributed by atoms with Crippen LogP contribution in [0.25, 0.3) is 0 Å². The van der Waals surface area contributed by atoms with Crippen LogP contribution in [0.1, 0.15) is 11.7 Å². The summed E-state index contributed by atoms with van der Waals surface area (Å²) < 4.78 is 39.1. The number of alkyl halides is 2. The minimum absolute atomic E-state index is 0.148. The molecule has 1 heterocycles. The van der Waals surface area contributed by atoms with Gasteiger partial charge < -0.3 is 24.6 Å². The Morgan fingerprint density at radius 1 is 1.12 bits per heavy atom. The number of amides is 1. The van der Waals surface area contributed by atoms with Crippen LogP contribution in [0, 0.1) is 0 Å². The Hall–Kier alpha value is -3.20. The Bertz CT molecular complexity index is 827. The first-order valence-electron chi connectivity index (χ1n) is 7.43. The third kappa shape index (κ3) is 4.06. The third-order valence-electron chi connectivity index (χ3n) is 3.37. The van der Waals surface area contributed by atoms with Crippen LogP contribution in [0.4, 0.5) is 14.5 Å². The molecule has 136 valence electrons. The molecule has 0 radical (unpaired) electrons. The highest BCUT2D eigenvalue weighted by molar-refractivity contribution is 5.93. The molecule has 2 aromatic rings. The molecule has 3 rings (SSSR count). The summed E-state index contributed by atoms with van der Waals surface area (Å²) in [6.07, 6.45) is -5.27.